The lowest BCUT2D eigenvalue weighted by Crippen LogP contribution is -2.43. The molecule has 32 heavy (non-hydrogen) atoms. The maximum atomic E-state index is 13.5. The van der Waals surface area contributed by atoms with Crippen LogP contribution >= 0.6 is 0 Å². The Kier molecular flexibility index (Phi) is 5.61. The van der Waals surface area contributed by atoms with Crippen molar-refractivity contribution in [3.8, 4) is 22.8 Å². The number of carbonyl (C=O) groups is 1. The summed E-state index contributed by atoms with van der Waals surface area (Å²) in [6, 6.07) is 4.36. The van der Waals surface area contributed by atoms with Crippen LogP contribution in [0, 0.1) is 5.92 Å². The molecule has 0 saturated heterocycles. The van der Waals surface area contributed by atoms with Crippen molar-refractivity contribution in [2.45, 2.75) is 59.4 Å². The van der Waals surface area contributed by atoms with Gasteiger partial charge in [0, 0.05) is 18.8 Å². The second-order valence-corrected chi connectivity index (χ2v) is 9.98. The number of amides is 1. The van der Waals surface area contributed by atoms with Gasteiger partial charge in [0.05, 0.1) is 30.3 Å². The average molecular weight is 436 g/mol. The number of aromatic nitrogens is 4. The molecule has 4 rings (SSSR count). The first-order valence-electron chi connectivity index (χ1n) is 11.2. The van der Waals surface area contributed by atoms with Crippen LogP contribution in [-0.2, 0) is 19.3 Å². The third kappa shape index (κ3) is 3.80. The molecule has 170 valence electrons. The molecule has 1 aliphatic rings. The van der Waals surface area contributed by atoms with Gasteiger partial charge in [-0.1, -0.05) is 13.8 Å². The predicted octanol–water partition coefficient (Wildman–Crippen LogP) is 4.44. The first-order valence-corrected chi connectivity index (χ1v) is 11.2. The first-order chi connectivity index (χ1) is 15.1. The van der Waals surface area contributed by atoms with Crippen molar-refractivity contribution in [1.82, 2.24) is 24.6 Å². The van der Waals surface area contributed by atoms with Crippen LogP contribution in [0.25, 0.3) is 17.1 Å². The SMILES string of the molecule is COc1cc2c(cc1CC(C)C)-n1c(-c3cn[nH]c3)nc(C(=O)N(C)C(C)(C)C)c1CC2. The first kappa shape index (κ1) is 22.1. The zero-order chi connectivity index (χ0) is 23.2. The van der Waals surface area contributed by atoms with E-state index in [0.29, 0.717) is 11.6 Å². The second kappa shape index (κ2) is 8.11. The van der Waals surface area contributed by atoms with Gasteiger partial charge in [0.25, 0.3) is 5.91 Å². The van der Waals surface area contributed by atoms with Crippen LogP contribution in [0.2, 0.25) is 0 Å². The second-order valence-electron chi connectivity index (χ2n) is 9.98. The maximum absolute atomic E-state index is 13.5. The number of benzene rings is 1. The van der Waals surface area contributed by atoms with Crippen LogP contribution in [0.1, 0.15) is 61.9 Å². The smallest absolute Gasteiger partial charge is 0.274 e. The Balaban J connectivity index is 1.94. The standard InChI is InChI=1S/C25H33N5O2/c1-15(2)10-17-11-20-16(12-21(17)32-7)8-9-19-22(24(31)29(6)25(3,4)5)28-23(30(19)20)18-13-26-27-14-18/h11-15H,8-10H2,1-7H3,(H,26,27). The minimum absolute atomic E-state index is 0.0599. The number of aromatic amines is 1. The van der Waals surface area contributed by atoms with Crippen molar-refractivity contribution in [2.24, 2.45) is 5.92 Å². The largest absolute Gasteiger partial charge is 0.496 e. The fraction of sp³-hybridized carbons (Fsp3) is 0.480. The van der Waals surface area contributed by atoms with E-state index in [4.69, 9.17) is 9.72 Å². The van der Waals surface area contributed by atoms with Crippen LogP contribution in [0.4, 0.5) is 0 Å². The number of aryl methyl sites for hydroxylation is 1. The van der Waals surface area contributed by atoms with E-state index in [0.717, 1.165) is 47.8 Å². The predicted molar refractivity (Wildman–Crippen MR) is 125 cm³/mol. The van der Waals surface area contributed by atoms with Gasteiger partial charge in [0.2, 0.25) is 0 Å². The molecule has 0 radical (unpaired) electrons. The molecule has 3 heterocycles. The molecule has 0 unspecified atom stereocenters. The summed E-state index contributed by atoms with van der Waals surface area (Å²) in [6.07, 6.45) is 6.07. The lowest BCUT2D eigenvalue weighted by molar-refractivity contribution is 0.0649. The molecule has 0 bridgehead atoms. The van der Waals surface area contributed by atoms with Crippen molar-refractivity contribution in [3.63, 3.8) is 0 Å². The number of hydrogen-bond donors (Lipinski definition) is 1. The third-order valence-electron chi connectivity index (χ3n) is 6.22. The molecular formula is C25H33N5O2. The summed E-state index contributed by atoms with van der Waals surface area (Å²) in [7, 11) is 3.57. The summed E-state index contributed by atoms with van der Waals surface area (Å²) in [5, 5.41) is 7.00. The van der Waals surface area contributed by atoms with Crippen LogP contribution < -0.4 is 4.74 Å². The molecule has 1 aromatic carbocycles. The number of imidazole rings is 1. The van der Waals surface area contributed by atoms with E-state index in [1.54, 1.807) is 18.2 Å². The van der Waals surface area contributed by atoms with Crippen LogP contribution in [0.5, 0.6) is 5.75 Å². The Labute approximate surface area is 189 Å². The Hall–Kier alpha value is -3.09. The normalized spacial score (nSPS) is 13.1. The topological polar surface area (TPSA) is 76.0 Å². The van der Waals surface area contributed by atoms with Crippen molar-refractivity contribution >= 4 is 5.91 Å². The third-order valence-corrected chi connectivity index (χ3v) is 6.22. The molecule has 0 spiro atoms. The number of fused-ring (bicyclic) bond motifs is 3. The van der Waals surface area contributed by atoms with E-state index in [1.165, 1.54) is 11.1 Å². The number of rotatable bonds is 5. The molecular weight excluding hydrogens is 402 g/mol. The zero-order valence-corrected chi connectivity index (χ0v) is 20.1. The number of H-pyrrole nitrogens is 1. The van der Waals surface area contributed by atoms with Gasteiger partial charge >= 0.3 is 0 Å². The lowest BCUT2D eigenvalue weighted by Gasteiger charge is -2.32. The molecule has 7 nitrogen and oxygen atoms in total. The van der Waals surface area contributed by atoms with E-state index in [-0.39, 0.29) is 11.4 Å². The molecule has 0 aliphatic carbocycles. The number of nitrogens with one attached hydrogen (secondary N) is 1. The molecule has 1 aliphatic heterocycles. The van der Waals surface area contributed by atoms with E-state index in [2.05, 4.69) is 40.7 Å². The molecule has 0 fully saturated rings. The Morgan fingerprint density at radius 3 is 2.62 bits per heavy atom. The number of nitrogens with zero attached hydrogens (tertiary/aromatic N) is 4. The number of hydrogen-bond acceptors (Lipinski definition) is 4. The molecule has 3 aromatic rings. The van der Waals surface area contributed by atoms with E-state index in [9.17, 15) is 4.79 Å². The Bertz CT molecular complexity index is 1140. The summed E-state index contributed by atoms with van der Waals surface area (Å²) in [5.41, 5.74) is 5.48. The molecule has 7 heteroatoms. The monoisotopic (exact) mass is 435 g/mol. The fourth-order valence-electron chi connectivity index (χ4n) is 4.25. The molecule has 0 atom stereocenters. The van der Waals surface area contributed by atoms with Crippen LogP contribution in [0.15, 0.2) is 24.5 Å². The summed E-state index contributed by atoms with van der Waals surface area (Å²) < 4.78 is 7.86. The Morgan fingerprint density at radius 2 is 2.03 bits per heavy atom. The summed E-state index contributed by atoms with van der Waals surface area (Å²) in [5.74, 6) is 2.10. The van der Waals surface area contributed by atoms with Crippen molar-refractivity contribution in [3.05, 3.63) is 47.0 Å². The van der Waals surface area contributed by atoms with E-state index in [1.807, 2.05) is 34.0 Å². The highest BCUT2D eigenvalue weighted by Crippen LogP contribution is 2.37. The summed E-state index contributed by atoms with van der Waals surface area (Å²) in [4.78, 5) is 20.1. The van der Waals surface area contributed by atoms with Gasteiger partial charge in [0.15, 0.2) is 5.69 Å². The fourth-order valence-corrected chi connectivity index (χ4v) is 4.25. The van der Waals surface area contributed by atoms with Gasteiger partial charge in [-0.25, -0.2) is 4.98 Å². The van der Waals surface area contributed by atoms with Gasteiger partial charge in [-0.15, -0.1) is 0 Å². The molecule has 1 N–H and O–H groups in total. The van der Waals surface area contributed by atoms with Gasteiger partial charge in [-0.2, -0.15) is 5.10 Å². The molecule has 1 amide bonds. The maximum Gasteiger partial charge on any atom is 0.274 e. The van der Waals surface area contributed by atoms with Crippen molar-refractivity contribution in [2.75, 3.05) is 14.2 Å². The quantitative estimate of drug-likeness (QED) is 0.643. The lowest BCUT2D eigenvalue weighted by atomic mass is 9.94. The van der Waals surface area contributed by atoms with E-state index >= 15 is 0 Å². The van der Waals surface area contributed by atoms with Gasteiger partial charge in [-0.05, 0) is 69.2 Å². The zero-order valence-electron chi connectivity index (χ0n) is 20.1. The van der Waals surface area contributed by atoms with Gasteiger partial charge in [-0.3, -0.25) is 14.5 Å². The highest BCUT2D eigenvalue weighted by Gasteiger charge is 2.33. The van der Waals surface area contributed by atoms with Crippen LogP contribution in [0.3, 0.4) is 0 Å². The number of carbonyl (C=O) groups excluding carboxylic acids is 1. The average Bonchev–Trinajstić information content (AvgIpc) is 3.38. The van der Waals surface area contributed by atoms with E-state index < -0.39 is 0 Å². The summed E-state index contributed by atoms with van der Waals surface area (Å²) >= 11 is 0. The minimum atomic E-state index is -0.298. The van der Waals surface area contributed by atoms with Crippen molar-refractivity contribution < 1.29 is 9.53 Å². The van der Waals surface area contributed by atoms with Crippen LogP contribution in [-0.4, -0.2) is 50.3 Å². The van der Waals surface area contributed by atoms with Gasteiger partial charge < -0.3 is 9.64 Å². The minimum Gasteiger partial charge on any atom is -0.496 e. The Morgan fingerprint density at radius 1 is 1.28 bits per heavy atom. The highest BCUT2D eigenvalue weighted by molar-refractivity contribution is 5.95. The number of methoxy groups -OCH3 is 1. The molecule has 2 aromatic heterocycles. The summed E-state index contributed by atoms with van der Waals surface area (Å²) in [6.45, 7) is 10.5. The molecule has 0 saturated carbocycles. The van der Waals surface area contributed by atoms with Crippen molar-refractivity contribution in [1.29, 1.82) is 0 Å². The number of ether oxygens (including phenoxy) is 1. The highest BCUT2D eigenvalue weighted by atomic mass is 16.5. The van der Waals surface area contributed by atoms with Gasteiger partial charge in [0.1, 0.15) is 11.6 Å².